The van der Waals surface area contributed by atoms with Crippen LogP contribution in [0.5, 0.6) is 0 Å². The summed E-state index contributed by atoms with van der Waals surface area (Å²) in [6.45, 7) is 0. The molecule has 0 aromatic carbocycles. The normalized spacial score (nSPS) is 1.33. The first-order chi connectivity index (χ1) is 1.41. The van der Waals surface area contributed by atoms with Crippen molar-refractivity contribution in [3.8, 4) is 5.97 Å². The molecule has 6 heavy (non-hydrogen) atoms. The Morgan fingerprint density at radius 2 is 1.50 bits per heavy atom. The minimum Gasteiger partial charge on any atom is -0.251 e. The van der Waals surface area contributed by atoms with E-state index in [1.165, 1.54) is 0 Å². The molecule has 0 heterocycles. The van der Waals surface area contributed by atoms with Crippen LogP contribution in [-0.2, 0) is 0 Å². The molecule has 0 radical (unpaired) electrons. The number of nitriles is 1. The van der Waals surface area contributed by atoms with Crippen molar-refractivity contribution in [2.75, 3.05) is 0 Å². The van der Waals surface area contributed by atoms with Crippen molar-refractivity contribution in [2.45, 2.75) is 0 Å². The summed E-state index contributed by atoms with van der Waals surface area (Å²) in [5.74, 6) is 2.00. The van der Waals surface area contributed by atoms with Crippen LogP contribution >= 0.6 is 0 Å². The van der Waals surface area contributed by atoms with Crippen LogP contribution in [0.4, 0.5) is 0 Å². The zero-order valence-electron chi connectivity index (χ0n) is 2.95. The Bertz CT molecular complexity index is 35.0. The van der Waals surface area contributed by atoms with E-state index >= 15 is 0 Å². The Morgan fingerprint density at radius 1 is 1.50 bits per heavy atom. The minimum absolute atomic E-state index is 0. The minimum atomic E-state index is 0. The molecule has 1 nitrogen and oxygen atoms in total. The fourth-order valence-corrected chi connectivity index (χ4v) is 0. The van der Waals surface area contributed by atoms with Gasteiger partial charge >= 0.3 is 80.9 Å². The standard InChI is InChI=1S/CH3BN.BH4.K.Na/c2-1-3;;;/h2H3;1H4;;/q2*-1;2*+1. The fourth-order valence-electron chi connectivity index (χ4n) is 0. The number of nitrogens with zero attached hydrogens (tertiary/aromatic N) is 1. The predicted molar refractivity (Wildman–Crippen MR) is 26.9 cm³/mol. The van der Waals surface area contributed by atoms with Gasteiger partial charge in [-0.1, -0.05) is 8.41 Å². The van der Waals surface area contributed by atoms with Crippen LogP contribution in [0, 0.1) is 11.2 Å². The van der Waals surface area contributed by atoms with E-state index in [2.05, 4.69) is 0 Å². The Labute approximate surface area is 106 Å². The smallest absolute Gasteiger partial charge is 0.251 e. The first-order valence-corrected chi connectivity index (χ1v) is 0.224. The Hall–Kier alpha value is 2.26. The maximum absolute atomic E-state index is 7.43. The molecule has 5 heteroatoms. The molecular weight excluding hydrogens is 110 g/mol. The molecule has 0 rings (SSSR count). The number of hydrogen-bond acceptors (Lipinski definition) is 1. The van der Waals surface area contributed by atoms with Gasteiger partial charge in [0.1, 0.15) is 0 Å². The number of hydrogen-bond donors (Lipinski definition) is 0. The molecule has 0 fully saturated rings. The summed E-state index contributed by atoms with van der Waals surface area (Å²) in [4.78, 5) is 0. The van der Waals surface area contributed by atoms with Gasteiger partial charge in [0.15, 0.2) is 0 Å². The first kappa shape index (κ1) is 24.0. The molecule has 0 saturated carbocycles. The molecule has 0 N–H and O–H groups in total. The van der Waals surface area contributed by atoms with Crippen molar-refractivity contribution in [3.05, 3.63) is 0 Å². The van der Waals surface area contributed by atoms with E-state index in [0.29, 0.717) is 0 Å². The molecule has 0 aromatic rings. The van der Waals surface area contributed by atoms with Gasteiger partial charge in [-0.3, -0.25) is 5.26 Å². The predicted octanol–water partition coefficient (Wildman–Crippen LogP) is -8.61. The summed E-state index contributed by atoms with van der Waals surface area (Å²) in [6.07, 6.45) is 0. The van der Waals surface area contributed by atoms with Crippen LogP contribution in [0.15, 0.2) is 0 Å². The van der Waals surface area contributed by atoms with E-state index in [4.69, 9.17) is 5.26 Å². The summed E-state index contributed by atoms with van der Waals surface area (Å²) in [7, 11) is 0.0694. The van der Waals surface area contributed by atoms with E-state index in [1.54, 1.807) is 0 Å². The van der Waals surface area contributed by atoms with Gasteiger partial charge < -0.3 is 0 Å². The van der Waals surface area contributed by atoms with E-state index in [1.807, 2.05) is 5.97 Å². The first-order valence-electron chi connectivity index (χ1n) is 0.224. The van der Waals surface area contributed by atoms with Crippen LogP contribution in [0.1, 0.15) is 0 Å². The molecule has 0 bridgehead atoms. The van der Waals surface area contributed by atoms with E-state index in [-0.39, 0.29) is 97.2 Å². The largest absolute Gasteiger partial charge is 1.00 e. The van der Waals surface area contributed by atoms with Crippen LogP contribution < -0.4 is 80.9 Å². The average molecular weight is 117 g/mol. The molecular formula is CH7B2KNNa. The van der Waals surface area contributed by atoms with Gasteiger partial charge in [0.05, 0.1) is 7.85 Å². The van der Waals surface area contributed by atoms with Crippen LogP contribution in [0.3, 0.4) is 0 Å². The van der Waals surface area contributed by atoms with Gasteiger partial charge in [-0.2, -0.15) is 5.97 Å². The SMILES string of the molecule is [BH3-]C#N.[BH4-].[K+].[Na+]. The maximum atomic E-state index is 7.43. The van der Waals surface area contributed by atoms with Gasteiger partial charge in [-0.25, -0.2) is 0 Å². The summed E-state index contributed by atoms with van der Waals surface area (Å²) in [5.41, 5.74) is 0. The summed E-state index contributed by atoms with van der Waals surface area (Å²) in [5, 5.41) is 7.43. The average Bonchev–Trinajstić information content (AvgIpc) is 0.918. The Morgan fingerprint density at radius 3 is 1.50 bits per heavy atom. The molecule has 0 saturated heterocycles. The molecule has 0 spiro atoms. The maximum Gasteiger partial charge on any atom is 1.00 e. The number of rotatable bonds is 0. The van der Waals surface area contributed by atoms with Crippen molar-refractivity contribution in [1.82, 2.24) is 0 Å². The molecule has 0 aliphatic carbocycles. The van der Waals surface area contributed by atoms with Gasteiger partial charge in [0.2, 0.25) is 0 Å². The molecule has 0 aromatic heterocycles. The van der Waals surface area contributed by atoms with Crippen molar-refractivity contribution >= 4 is 16.3 Å². The van der Waals surface area contributed by atoms with Gasteiger partial charge in [0.25, 0.3) is 0 Å². The van der Waals surface area contributed by atoms with Gasteiger partial charge in [-0.15, -0.1) is 0 Å². The second-order valence-electron chi connectivity index (χ2n) is 0. The quantitative estimate of drug-likeness (QED) is 0.289. The third-order valence-corrected chi connectivity index (χ3v) is 0. The van der Waals surface area contributed by atoms with Crippen LogP contribution in [0.2, 0.25) is 0 Å². The van der Waals surface area contributed by atoms with E-state index in [0.717, 1.165) is 0 Å². The third-order valence-electron chi connectivity index (χ3n) is 0. The molecule has 0 amide bonds. The molecule has 0 aliphatic rings. The fraction of sp³-hybridized carbons (Fsp3) is 0. The van der Waals surface area contributed by atoms with Crippen molar-refractivity contribution in [1.29, 1.82) is 5.26 Å². The molecule has 0 unspecified atom stereocenters. The van der Waals surface area contributed by atoms with Crippen LogP contribution in [-0.4, -0.2) is 16.3 Å². The summed E-state index contributed by atoms with van der Waals surface area (Å²) < 4.78 is 0. The Kier molecular flexibility index (Phi) is 107. The molecule has 0 aliphatic heterocycles. The second kappa shape index (κ2) is 26.8. The molecule has 0 atom stereocenters. The second-order valence-corrected chi connectivity index (χ2v) is 0. The zero-order chi connectivity index (χ0) is 2.71. The van der Waals surface area contributed by atoms with Crippen molar-refractivity contribution < 1.29 is 80.9 Å². The van der Waals surface area contributed by atoms with Crippen LogP contribution in [0.25, 0.3) is 0 Å². The summed E-state index contributed by atoms with van der Waals surface area (Å²) >= 11 is 0. The molecule has 24 valence electrons. The zero-order valence-corrected chi connectivity index (χ0v) is 8.07. The van der Waals surface area contributed by atoms with E-state index < -0.39 is 0 Å². The third kappa shape index (κ3) is 34.0. The Balaban J connectivity index is -0.00000000667. The van der Waals surface area contributed by atoms with Gasteiger partial charge in [-0.05, 0) is 0 Å². The monoisotopic (exact) mass is 117 g/mol. The van der Waals surface area contributed by atoms with Gasteiger partial charge in [0, 0.05) is 0 Å². The van der Waals surface area contributed by atoms with E-state index in [9.17, 15) is 0 Å². The topological polar surface area (TPSA) is 23.8 Å². The van der Waals surface area contributed by atoms with Crippen molar-refractivity contribution in [2.24, 2.45) is 0 Å². The summed E-state index contributed by atoms with van der Waals surface area (Å²) in [6, 6.07) is 0. The van der Waals surface area contributed by atoms with Crippen molar-refractivity contribution in [3.63, 3.8) is 0 Å².